The lowest BCUT2D eigenvalue weighted by atomic mass is 9.96. The van der Waals surface area contributed by atoms with Gasteiger partial charge in [-0.25, -0.2) is 9.59 Å². The molecule has 0 aliphatic carbocycles. The quantitative estimate of drug-likeness (QED) is 0.634. The Morgan fingerprint density at radius 2 is 1.59 bits per heavy atom. The van der Waals surface area contributed by atoms with Crippen molar-refractivity contribution in [2.45, 2.75) is 26.8 Å². The number of hydrogen-bond acceptors (Lipinski definition) is 4. The summed E-state index contributed by atoms with van der Waals surface area (Å²) in [5.41, 5.74) is 5.40. The average Bonchev–Trinajstić information content (AvgIpc) is 3.14. The maximum absolute atomic E-state index is 13.4. The largest absolute Gasteiger partial charge is 0.478 e. The number of benzene rings is 2. The van der Waals surface area contributed by atoms with Gasteiger partial charge in [0.25, 0.3) is 5.91 Å². The van der Waals surface area contributed by atoms with Crippen LogP contribution in [0.3, 0.4) is 0 Å². The van der Waals surface area contributed by atoms with E-state index in [1.54, 1.807) is 35.2 Å². The molecule has 7 heteroatoms. The van der Waals surface area contributed by atoms with Crippen molar-refractivity contribution in [3.8, 4) is 5.69 Å². The zero-order valence-electron chi connectivity index (χ0n) is 18.2. The highest BCUT2D eigenvalue weighted by Crippen LogP contribution is 2.26. The summed E-state index contributed by atoms with van der Waals surface area (Å²) in [6.45, 7) is 4.74. The Morgan fingerprint density at radius 1 is 0.906 bits per heavy atom. The van der Waals surface area contributed by atoms with Gasteiger partial charge in [0.05, 0.1) is 23.9 Å². The molecule has 0 saturated heterocycles. The summed E-state index contributed by atoms with van der Waals surface area (Å²) in [4.78, 5) is 38.8. The molecule has 3 aromatic rings. The van der Waals surface area contributed by atoms with Crippen molar-refractivity contribution in [2.24, 2.45) is 0 Å². The van der Waals surface area contributed by atoms with E-state index in [-0.39, 0.29) is 11.5 Å². The van der Waals surface area contributed by atoms with Gasteiger partial charge in [-0.15, -0.1) is 0 Å². The van der Waals surface area contributed by atoms with Crippen LogP contribution in [0.2, 0.25) is 0 Å². The molecule has 164 valence electrons. The number of aryl methyl sites for hydroxylation is 2. The maximum Gasteiger partial charge on any atom is 0.339 e. The Labute approximate surface area is 185 Å². The van der Waals surface area contributed by atoms with E-state index in [9.17, 15) is 19.5 Å². The van der Waals surface area contributed by atoms with E-state index in [1.165, 1.54) is 7.11 Å². The van der Waals surface area contributed by atoms with Crippen molar-refractivity contribution in [2.75, 3.05) is 13.7 Å². The van der Waals surface area contributed by atoms with Crippen molar-refractivity contribution in [3.63, 3.8) is 0 Å². The number of fused-ring (bicyclic) bond motifs is 1. The van der Waals surface area contributed by atoms with E-state index in [0.717, 1.165) is 22.5 Å². The van der Waals surface area contributed by atoms with E-state index in [4.69, 9.17) is 4.74 Å². The topological polar surface area (TPSA) is 88.8 Å². The smallest absolute Gasteiger partial charge is 0.339 e. The standard InChI is InChI=1S/C25H24N2O5/c1-15-4-5-16(2)27(15)22-13-18(8-9-21(22)25(31)32-3)23(28)26-11-10-17-6-7-19(24(29)30)12-20(17)14-26/h4-9,12-13H,10-11,14H2,1-3H3,(H,29,30). The van der Waals surface area contributed by atoms with Crippen molar-refractivity contribution >= 4 is 17.8 Å². The Morgan fingerprint density at radius 3 is 2.25 bits per heavy atom. The fourth-order valence-corrected chi connectivity index (χ4v) is 4.23. The molecule has 7 nitrogen and oxygen atoms in total. The molecule has 0 saturated carbocycles. The van der Waals surface area contributed by atoms with Gasteiger partial charge < -0.3 is 19.3 Å². The molecule has 0 bridgehead atoms. The second-order valence-corrected chi connectivity index (χ2v) is 7.94. The highest BCUT2D eigenvalue weighted by molar-refractivity contribution is 5.99. The lowest BCUT2D eigenvalue weighted by Gasteiger charge is -2.29. The van der Waals surface area contributed by atoms with Gasteiger partial charge >= 0.3 is 11.9 Å². The number of aromatic nitrogens is 1. The molecule has 4 rings (SSSR count). The Kier molecular flexibility index (Phi) is 5.57. The number of esters is 1. The molecule has 0 spiro atoms. The summed E-state index contributed by atoms with van der Waals surface area (Å²) in [6, 6.07) is 13.9. The molecule has 2 heterocycles. The van der Waals surface area contributed by atoms with Crippen LogP contribution in [0.25, 0.3) is 5.69 Å². The van der Waals surface area contributed by atoms with Gasteiger partial charge in [0.2, 0.25) is 0 Å². The maximum atomic E-state index is 13.4. The van der Waals surface area contributed by atoms with Crippen molar-refractivity contribution < 1.29 is 24.2 Å². The first kappa shape index (κ1) is 21.4. The van der Waals surface area contributed by atoms with Gasteiger partial charge in [0, 0.05) is 30.0 Å². The first-order chi connectivity index (χ1) is 15.3. The average molecular weight is 432 g/mol. The lowest BCUT2D eigenvalue weighted by molar-refractivity contribution is 0.0598. The number of rotatable bonds is 4. The number of hydrogen-bond donors (Lipinski definition) is 1. The first-order valence-electron chi connectivity index (χ1n) is 10.3. The van der Waals surface area contributed by atoms with Gasteiger partial charge in [-0.1, -0.05) is 6.07 Å². The molecule has 0 radical (unpaired) electrons. The van der Waals surface area contributed by atoms with Crippen LogP contribution < -0.4 is 0 Å². The molecular weight excluding hydrogens is 408 g/mol. The van der Waals surface area contributed by atoms with Crippen LogP contribution in [-0.2, 0) is 17.7 Å². The zero-order chi connectivity index (χ0) is 23.0. The van der Waals surface area contributed by atoms with Gasteiger partial charge in [0.1, 0.15) is 0 Å². The van der Waals surface area contributed by atoms with Crippen molar-refractivity contribution in [1.82, 2.24) is 9.47 Å². The highest BCUT2D eigenvalue weighted by Gasteiger charge is 2.25. The summed E-state index contributed by atoms with van der Waals surface area (Å²) in [5, 5.41) is 9.28. The Balaban J connectivity index is 1.70. The summed E-state index contributed by atoms with van der Waals surface area (Å²) in [6.07, 6.45) is 0.657. The summed E-state index contributed by atoms with van der Waals surface area (Å²) >= 11 is 0. The molecular formula is C25H24N2O5. The molecule has 0 unspecified atom stereocenters. The van der Waals surface area contributed by atoms with Crippen molar-refractivity contribution in [3.05, 3.63) is 87.7 Å². The van der Waals surface area contributed by atoms with E-state index in [1.807, 2.05) is 36.6 Å². The zero-order valence-corrected chi connectivity index (χ0v) is 18.2. The summed E-state index contributed by atoms with van der Waals surface area (Å²) in [5.74, 6) is -1.63. The van der Waals surface area contributed by atoms with Gasteiger partial charge in [0.15, 0.2) is 0 Å². The Hall–Kier alpha value is -3.87. The molecule has 0 fully saturated rings. The molecule has 1 N–H and O–H groups in total. The molecule has 1 aliphatic heterocycles. The van der Waals surface area contributed by atoms with Crippen LogP contribution in [0, 0.1) is 13.8 Å². The molecule has 32 heavy (non-hydrogen) atoms. The second-order valence-electron chi connectivity index (χ2n) is 7.94. The first-order valence-corrected chi connectivity index (χ1v) is 10.3. The van der Waals surface area contributed by atoms with E-state index in [2.05, 4.69) is 0 Å². The highest BCUT2D eigenvalue weighted by atomic mass is 16.5. The van der Waals surface area contributed by atoms with E-state index in [0.29, 0.717) is 36.3 Å². The molecule has 0 atom stereocenters. The van der Waals surface area contributed by atoms with Crippen LogP contribution in [-0.4, -0.2) is 46.1 Å². The van der Waals surface area contributed by atoms with Crippen LogP contribution in [0.1, 0.15) is 53.6 Å². The normalized spacial score (nSPS) is 12.9. The lowest BCUT2D eigenvalue weighted by Crippen LogP contribution is -2.36. The molecule has 1 amide bonds. The van der Waals surface area contributed by atoms with Crippen molar-refractivity contribution in [1.29, 1.82) is 0 Å². The van der Waals surface area contributed by atoms with Gasteiger partial charge in [-0.3, -0.25) is 4.79 Å². The number of carboxylic acid groups (broad SMARTS) is 1. The third-order valence-electron chi connectivity index (χ3n) is 5.91. The van der Waals surface area contributed by atoms with Gasteiger partial charge in [-0.2, -0.15) is 0 Å². The minimum absolute atomic E-state index is 0.170. The van der Waals surface area contributed by atoms with Crippen LogP contribution in [0.5, 0.6) is 0 Å². The number of aromatic carboxylic acids is 1. The minimum atomic E-state index is -0.989. The SMILES string of the molecule is COC(=O)c1ccc(C(=O)N2CCc3ccc(C(=O)O)cc3C2)cc1-n1c(C)ccc1C. The number of ether oxygens (including phenoxy) is 1. The summed E-state index contributed by atoms with van der Waals surface area (Å²) < 4.78 is 6.87. The van der Waals surface area contributed by atoms with Crippen LogP contribution in [0.4, 0.5) is 0 Å². The molecule has 1 aromatic heterocycles. The summed E-state index contributed by atoms with van der Waals surface area (Å²) in [7, 11) is 1.33. The number of carbonyl (C=O) groups is 3. The van der Waals surface area contributed by atoms with Crippen LogP contribution >= 0.6 is 0 Å². The molecule has 2 aromatic carbocycles. The third-order valence-corrected chi connectivity index (χ3v) is 5.91. The molecule has 1 aliphatic rings. The van der Waals surface area contributed by atoms with Crippen LogP contribution in [0.15, 0.2) is 48.5 Å². The number of methoxy groups -OCH3 is 1. The monoisotopic (exact) mass is 432 g/mol. The van der Waals surface area contributed by atoms with Gasteiger partial charge in [-0.05, 0) is 73.9 Å². The number of carboxylic acids is 1. The minimum Gasteiger partial charge on any atom is -0.478 e. The Bertz CT molecular complexity index is 1220. The number of carbonyl (C=O) groups excluding carboxylic acids is 2. The number of nitrogens with zero attached hydrogens (tertiary/aromatic N) is 2. The fraction of sp³-hybridized carbons (Fsp3) is 0.240. The van der Waals surface area contributed by atoms with E-state index >= 15 is 0 Å². The fourth-order valence-electron chi connectivity index (χ4n) is 4.23. The number of amides is 1. The predicted molar refractivity (Wildman–Crippen MR) is 118 cm³/mol. The second kappa shape index (κ2) is 8.34. The van der Waals surface area contributed by atoms with E-state index < -0.39 is 11.9 Å². The predicted octanol–water partition coefficient (Wildman–Crippen LogP) is 3.78. The third kappa shape index (κ3) is 3.77.